The second-order valence-electron chi connectivity index (χ2n) is 5.13. The standard InChI is InChI=1S/C14H17NO9/c1-22-14(19)7-2-3-10(8(4-7)15(20)21)23-12-5-9(17)13(18)11(6-16)24-12/h2-4,9,11-13,16-18H,5-6H2,1H3/t9-,11?,12-,13-/m1/s1. The van der Waals surface area contributed by atoms with Crippen molar-refractivity contribution in [3.8, 4) is 5.75 Å². The Bertz CT molecular complexity index is 620. The molecule has 0 aromatic heterocycles. The van der Waals surface area contributed by atoms with Crippen LogP contribution < -0.4 is 4.74 Å². The highest BCUT2D eigenvalue weighted by Gasteiger charge is 2.38. The zero-order valence-electron chi connectivity index (χ0n) is 12.7. The lowest BCUT2D eigenvalue weighted by Gasteiger charge is -2.35. The van der Waals surface area contributed by atoms with Gasteiger partial charge in [0, 0.05) is 12.5 Å². The third-order valence-corrected chi connectivity index (χ3v) is 3.55. The van der Waals surface area contributed by atoms with Gasteiger partial charge in [-0.25, -0.2) is 4.79 Å². The van der Waals surface area contributed by atoms with Crippen LogP contribution in [0.15, 0.2) is 18.2 Å². The predicted octanol–water partition coefficient (Wildman–Crippen LogP) is -0.411. The Morgan fingerprint density at radius 3 is 2.75 bits per heavy atom. The summed E-state index contributed by atoms with van der Waals surface area (Å²) in [7, 11) is 1.15. The Labute approximate surface area is 136 Å². The summed E-state index contributed by atoms with van der Waals surface area (Å²) in [6.45, 7) is -0.554. The summed E-state index contributed by atoms with van der Waals surface area (Å²) in [6, 6.07) is 3.49. The molecule has 132 valence electrons. The van der Waals surface area contributed by atoms with E-state index in [0.29, 0.717) is 0 Å². The molecule has 1 aliphatic heterocycles. The number of ether oxygens (including phenoxy) is 3. The molecule has 0 spiro atoms. The smallest absolute Gasteiger partial charge is 0.338 e. The number of aliphatic hydroxyl groups excluding tert-OH is 3. The van der Waals surface area contributed by atoms with Crippen LogP contribution in [0.2, 0.25) is 0 Å². The van der Waals surface area contributed by atoms with E-state index in [4.69, 9.17) is 14.6 Å². The van der Waals surface area contributed by atoms with Gasteiger partial charge in [-0.05, 0) is 12.1 Å². The van der Waals surface area contributed by atoms with Gasteiger partial charge in [0.05, 0.1) is 30.3 Å². The first-order valence-electron chi connectivity index (χ1n) is 7.03. The van der Waals surface area contributed by atoms with Crippen molar-refractivity contribution in [3.63, 3.8) is 0 Å². The summed E-state index contributed by atoms with van der Waals surface area (Å²) in [5.74, 6) is -0.921. The van der Waals surface area contributed by atoms with Crippen molar-refractivity contribution < 1.29 is 39.2 Å². The van der Waals surface area contributed by atoms with Gasteiger partial charge in [0.15, 0.2) is 5.75 Å². The van der Waals surface area contributed by atoms with Crippen LogP contribution in [0, 0.1) is 10.1 Å². The topological polar surface area (TPSA) is 149 Å². The van der Waals surface area contributed by atoms with Crippen molar-refractivity contribution in [2.24, 2.45) is 0 Å². The SMILES string of the molecule is COC(=O)c1ccc(O[C@H]2C[C@@H](O)[C@@H](O)C(CO)O2)c([N+](=O)[O-])c1. The fourth-order valence-electron chi connectivity index (χ4n) is 2.29. The molecule has 10 heteroatoms. The van der Waals surface area contributed by atoms with Gasteiger partial charge in [-0.2, -0.15) is 0 Å². The third-order valence-electron chi connectivity index (χ3n) is 3.55. The molecule has 0 bridgehead atoms. The van der Waals surface area contributed by atoms with E-state index in [9.17, 15) is 25.1 Å². The van der Waals surface area contributed by atoms with E-state index < -0.39 is 47.8 Å². The lowest BCUT2D eigenvalue weighted by Crippen LogP contribution is -2.51. The minimum Gasteiger partial charge on any atom is -0.465 e. The van der Waals surface area contributed by atoms with E-state index in [2.05, 4.69) is 4.74 Å². The summed E-state index contributed by atoms with van der Waals surface area (Å²) in [5, 5.41) is 39.7. The summed E-state index contributed by atoms with van der Waals surface area (Å²) in [6.07, 6.45) is -4.83. The molecule has 4 atom stereocenters. The molecule has 0 aliphatic carbocycles. The van der Waals surface area contributed by atoms with Crippen molar-refractivity contribution in [2.75, 3.05) is 13.7 Å². The number of hydrogen-bond acceptors (Lipinski definition) is 9. The highest BCUT2D eigenvalue weighted by atomic mass is 16.7. The minimum atomic E-state index is -1.29. The molecular weight excluding hydrogens is 326 g/mol. The van der Waals surface area contributed by atoms with Crippen molar-refractivity contribution in [1.82, 2.24) is 0 Å². The number of nitrogens with zero attached hydrogens (tertiary/aromatic N) is 1. The Balaban J connectivity index is 2.22. The number of benzene rings is 1. The van der Waals surface area contributed by atoms with Crippen LogP contribution >= 0.6 is 0 Å². The molecule has 1 unspecified atom stereocenters. The Kier molecular flexibility index (Phi) is 5.67. The number of hydrogen-bond donors (Lipinski definition) is 3. The van der Waals surface area contributed by atoms with E-state index in [-0.39, 0.29) is 17.7 Å². The van der Waals surface area contributed by atoms with E-state index in [1.54, 1.807) is 0 Å². The number of esters is 1. The van der Waals surface area contributed by atoms with Crippen LogP contribution in [0.5, 0.6) is 5.75 Å². The molecule has 1 aromatic rings. The molecule has 2 rings (SSSR count). The quantitative estimate of drug-likeness (QED) is 0.368. The van der Waals surface area contributed by atoms with Gasteiger partial charge in [0.1, 0.15) is 12.2 Å². The van der Waals surface area contributed by atoms with Crippen molar-refractivity contribution in [3.05, 3.63) is 33.9 Å². The fraction of sp³-hybridized carbons (Fsp3) is 0.500. The van der Waals surface area contributed by atoms with Crippen LogP contribution in [-0.4, -0.2) is 64.5 Å². The van der Waals surface area contributed by atoms with Crippen molar-refractivity contribution >= 4 is 11.7 Å². The van der Waals surface area contributed by atoms with Crippen molar-refractivity contribution in [1.29, 1.82) is 0 Å². The monoisotopic (exact) mass is 343 g/mol. The number of aliphatic hydroxyl groups is 3. The summed E-state index contributed by atoms with van der Waals surface area (Å²) < 4.78 is 15.1. The zero-order valence-corrected chi connectivity index (χ0v) is 12.7. The third kappa shape index (κ3) is 3.79. The van der Waals surface area contributed by atoms with Gasteiger partial charge in [-0.15, -0.1) is 0 Å². The number of nitro groups is 1. The molecular formula is C14H17NO9. The average Bonchev–Trinajstić information content (AvgIpc) is 2.57. The van der Waals surface area contributed by atoms with Gasteiger partial charge >= 0.3 is 11.7 Å². The highest BCUT2D eigenvalue weighted by Crippen LogP contribution is 2.31. The first-order chi connectivity index (χ1) is 11.4. The maximum atomic E-state index is 11.5. The Morgan fingerprint density at radius 2 is 2.17 bits per heavy atom. The summed E-state index contributed by atoms with van der Waals surface area (Å²) in [5.41, 5.74) is -0.507. The van der Waals surface area contributed by atoms with Gasteiger partial charge in [-0.1, -0.05) is 0 Å². The molecule has 1 saturated heterocycles. The minimum absolute atomic E-state index is 0.0233. The number of methoxy groups -OCH3 is 1. The normalized spacial score (nSPS) is 26.7. The number of carbonyl (C=O) groups excluding carboxylic acids is 1. The first kappa shape index (κ1) is 18.1. The molecule has 1 aliphatic rings. The second kappa shape index (κ2) is 7.53. The van der Waals surface area contributed by atoms with E-state index in [0.717, 1.165) is 13.2 Å². The lowest BCUT2D eigenvalue weighted by molar-refractivity contribution is -0.386. The van der Waals surface area contributed by atoms with Crippen LogP contribution in [0.4, 0.5) is 5.69 Å². The molecule has 1 heterocycles. The van der Waals surface area contributed by atoms with Gasteiger partial charge in [-0.3, -0.25) is 10.1 Å². The molecule has 1 aromatic carbocycles. The lowest BCUT2D eigenvalue weighted by atomic mass is 10.0. The highest BCUT2D eigenvalue weighted by molar-refractivity contribution is 5.90. The van der Waals surface area contributed by atoms with Gasteiger partial charge in [0.2, 0.25) is 6.29 Å². The van der Waals surface area contributed by atoms with E-state index >= 15 is 0 Å². The molecule has 0 saturated carbocycles. The van der Waals surface area contributed by atoms with Gasteiger partial charge in [0.25, 0.3) is 0 Å². The maximum Gasteiger partial charge on any atom is 0.338 e. The molecule has 0 amide bonds. The largest absolute Gasteiger partial charge is 0.465 e. The maximum absolute atomic E-state index is 11.5. The van der Waals surface area contributed by atoms with Gasteiger partial charge < -0.3 is 29.5 Å². The van der Waals surface area contributed by atoms with Crippen LogP contribution in [0.25, 0.3) is 0 Å². The molecule has 24 heavy (non-hydrogen) atoms. The molecule has 10 nitrogen and oxygen atoms in total. The predicted molar refractivity (Wildman–Crippen MR) is 77.4 cm³/mol. The van der Waals surface area contributed by atoms with Crippen LogP contribution in [0.3, 0.4) is 0 Å². The van der Waals surface area contributed by atoms with Crippen molar-refractivity contribution in [2.45, 2.75) is 31.0 Å². The second-order valence-corrected chi connectivity index (χ2v) is 5.13. The Hall–Kier alpha value is -2.27. The average molecular weight is 343 g/mol. The van der Waals surface area contributed by atoms with Crippen LogP contribution in [0.1, 0.15) is 16.8 Å². The zero-order chi connectivity index (χ0) is 17.9. The van der Waals surface area contributed by atoms with E-state index in [1.165, 1.54) is 12.1 Å². The fourth-order valence-corrected chi connectivity index (χ4v) is 2.29. The molecule has 1 fully saturated rings. The number of nitro benzene ring substituents is 1. The molecule has 0 radical (unpaired) electrons. The number of carbonyl (C=O) groups is 1. The molecule has 3 N–H and O–H groups in total. The Morgan fingerprint density at radius 1 is 1.46 bits per heavy atom. The number of rotatable bonds is 5. The van der Waals surface area contributed by atoms with Crippen LogP contribution in [-0.2, 0) is 9.47 Å². The first-order valence-corrected chi connectivity index (χ1v) is 7.03. The summed E-state index contributed by atoms with van der Waals surface area (Å²) >= 11 is 0. The summed E-state index contributed by atoms with van der Waals surface area (Å²) in [4.78, 5) is 21.9. The van der Waals surface area contributed by atoms with E-state index in [1.807, 2.05) is 0 Å².